The molecule has 542 valence electrons. The molecule has 104 heavy (non-hydrogen) atoms. The van der Waals surface area contributed by atoms with Crippen LogP contribution in [0, 0.1) is 26.6 Å². The van der Waals surface area contributed by atoms with Crippen molar-refractivity contribution in [3.8, 4) is 54.9 Å². The molecule has 0 spiro atoms. The number of carboxylic acid groups (broad SMARTS) is 2. The molecule has 1 aromatic carbocycles. The van der Waals surface area contributed by atoms with Crippen LogP contribution in [-0.2, 0) is 62.9 Å². The Morgan fingerprint density at radius 2 is 1.08 bits per heavy atom. The first-order chi connectivity index (χ1) is 48.6. The normalized spacial score (nSPS) is 13.9. The van der Waals surface area contributed by atoms with Crippen molar-refractivity contribution in [2.24, 2.45) is 41.0 Å². The van der Waals surface area contributed by atoms with Gasteiger partial charge in [-0.3, -0.25) is 47.8 Å². The zero-order chi connectivity index (χ0) is 75.6. The van der Waals surface area contributed by atoms with Gasteiger partial charge in [-0.15, -0.1) is 22.7 Å². The third kappa shape index (κ3) is 19.2. The van der Waals surface area contributed by atoms with Crippen LogP contribution in [0.4, 0.5) is 4.39 Å². The molecule has 0 amide bonds. The minimum absolute atomic E-state index is 0. The van der Waals surface area contributed by atoms with Gasteiger partial charge in [-0.05, 0) is 102 Å². The zero-order valence-electron chi connectivity index (χ0n) is 60.8. The van der Waals surface area contributed by atoms with Crippen LogP contribution >= 0.6 is 22.7 Å². The van der Waals surface area contributed by atoms with Crippen molar-refractivity contribution in [2.45, 2.75) is 111 Å². The van der Waals surface area contributed by atoms with Gasteiger partial charge in [-0.1, -0.05) is 32.9 Å². The van der Waals surface area contributed by atoms with Crippen molar-refractivity contribution in [1.82, 2.24) is 78.4 Å². The van der Waals surface area contributed by atoms with Crippen molar-refractivity contribution < 1.29 is 92.8 Å². The number of pyridine rings is 2. The monoisotopic (exact) mass is 1470 g/mol. The molecule has 0 bridgehead atoms. The van der Waals surface area contributed by atoms with E-state index in [2.05, 4.69) is 75.8 Å². The van der Waals surface area contributed by atoms with Gasteiger partial charge in [0, 0.05) is 117 Å². The van der Waals surface area contributed by atoms with E-state index in [1.807, 2.05) is 89.7 Å². The maximum Gasteiger partial charge on any atom is 1.00 e. The summed E-state index contributed by atoms with van der Waals surface area (Å²) in [5.41, 5.74) is 16.2. The van der Waals surface area contributed by atoms with E-state index >= 15 is 0 Å². The molecule has 0 radical (unpaired) electrons. The van der Waals surface area contributed by atoms with Crippen LogP contribution in [0.5, 0.6) is 0 Å². The Morgan fingerprint density at radius 3 is 1.55 bits per heavy atom. The number of thiazole rings is 2. The van der Waals surface area contributed by atoms with Gasteiger partial charge in [0.15, 0.2) is 5.69 Å². The molecule has 6 N–H and O–H groups in total. The molecule has 0 aliphatic carbocycles. The number of carbonyl (C=O) groups excluding carboxylic acids is 4. The number of aromatic nitrogens is 16. The summed E-state index contributed by atoms with van der Waals surface area (Å²) in [6.07, 6.45) is 14.9. The SMILES string of the molecule is Cc1cccnc1-c1cnn(C)c1C(=O)CO.Cc1cccnc1-c1cnn(C)c1C(=O)O.Cc1csc(-c2cnn(C)c2C(=O)[O-])n1.Cn1ncc(-c2nc(C(C)(C)C)cs2)c1C(=O)CO.Cn1ncc(B2OC(C)(C)C(C)(C)O2)c1C(=O)CO.NC1CCn2cc(-c3ccc(F)cc3)nc2C1.[Na+]. The van der Waals surface area contributed by atoms with E-state index < -0.39 is 55.9 Å². The van der Waals surface area contributed by atoms with Gasteiger partial charge in [0.25, 0.3) is 0 Å². The third-order valence-electron chi connectivity index (χ3n) is 16.9. The average molecular weight is 1470 g/mol. The molecule has 11 aromatic rings. The maximum atomic E-state index is 12.8. The Morgan fingerprint density at radius 1 is 0.635 bits per heavy atom. The van der Waals surface area contributed by atoms with Gasteiger partial charge in [-0.25, -0.2) is 24.1 Å². The number of halogens is 1. The van der Waals surface area contributed by atoms with E-state index in [1.54, 1.807) is 78.4 Å². The van der Waals surface area contributed by atoms with Crippen molar-refractivity contribution in [3.05, 3.63) is 171 Å². The molecule has 1 unspecified atom stereocenters. The fourth-order valence-corrected chi connectivity index (χ4v) is 12.6. The molecule has 2 aliphatic rings. The van der Waals surface area contributed by atoms with Crippen LogP contribution in [0.1, 0.15) is 136 Å². The van der Waals surface area contributed by atoms with Crippen molar-refractivity contribution in [1.29, 1.82) is 0 Å². The van der Waals surface area contributed by atoms with Gasteiger partial charge < -0.3 is 49.9 Å². The third-order valence-corrected chi connectivity index (χ3v) is 18.8. The van der Waals surface area contributed by atoms with Crippen LogP contribution in [0.3, 0.4) is 0 Å². The molecule has 34 heteroatoms. The van der Waals surface area contributed by atoms with Gasteiger partial charge in [-0.2, -0.15) is 25.5 Å². The van der Waals surface area contributed by atoms with Crippen molar-refractivity contribution in [2.75, 3.05) is 19.8 Å². The van der Waals surface area contributed by atoms with E-state index in [9.17, 15) is 33.5 Å². The molecule has 1 fully saturated rings. The summed E-state index contributed by atoms with van der Waals surface area (Å²) in [6.45, 7) is 19.0. The van der Waals surface area contributed by atoms with Crippen molar-refractivity contribution in [3.63, 3.8) is 0 Å². The number of nitrogens with two attached hydrogens (primary N) is 1. The molecule has 29 nitrogen and oxygen atoms in total. The summed E-state index contributed by atoms with van der Waals surface area (Å²) in [5, 5.41) is 72.3. The molecule has 1 atom stereocenters. The number of aryl methyl sites for hydroxylation is 9. The minimum Gasteiger partial charge on any atom is -0.543 e. The Kier molecular flexibility index (Phi) is 27.6. The number of nitrogens with zero attached hydrogens (tertiary/aromatic N) is 16. The molecule has 0 saturated carbocycles. The Labute approximate surface area is 630 Å². The smallest absolute Gasteiger partial charge is 0.543 e. The van der Waals surface area contributed by atoms with Crippen LogP contribution in [0.2, 0.25) is 0 Å². The predicted octanol–water partition coefficient (Wildman–Crippen LogP) is 3.55. The first-order valence-electron chi connectivity index (χ1n) is 32.2. The van der Waals surface area contributed by atoms with Gasteiger partial charge in [0.05, 0.1) is 87.1 Å². The molecule has 2 aliphatic heterocycles. The van der Waals surface area contributed by atoms with Crippen molar-refractivity contribution >= 4 is 64.5 Å². The van der Waals surface area contributed by atoms with Gasteiger partial charge >= 0.3 is 42.6 Å². The van der Waals surface area contributed by atoms with Gasteiger partial charge in [0.1, 0.15) is 58.6 Å². The number of aliphatic hydroxyl groups excluding tert-OH is 3. The van der Waals surface area contributed by atoms with Crippen LogP contribution in [-0.4, -0.2) is 172 Å². The molecular formula is C70H82BFN17NaO12S2. The first kappa shape index (κ1) is 82.0. The Hall–Kier alpha value is -9.26. The number of carboxylic acids is 2. The number of benzene rings is 1. The quantitative estimate of drug-likeness (QED) is 0.0767. The number of aliphatic hydroxyl groups is 3. The molecule has 13 rings (SSSR count). The minimum atomic E-state index is -1.24. The number of Topliss-reactive ketones (excluding diaryl/α,β-unsaturated/α-hetero) is 3. The fraction of sp³-hybridized carbons (Fsp3) is 0.357. The zero-order valence-corrected chi connectivity index (χ0v) is 64.4. The number of hydrogen-bond acceptors (Lipinski definition) is 24. The van der Waals surface area contributed by atoms with E-state index in [1.165, 1.54) is 70.6 Å². The number of aromatic carboxylic acids is 2. The average Bonchev–Trinajstić information content (AvgIpc) is 1.63. The van der Waals surface area contributed by atoms with E-state index in [0.29, 0.717) is 55.5 Å². The Bertz CT molecular complexity index is 4810. The number of hydrogen-bond donors (Lipinski definition) is 5. The number of imidazole rings is 1. The van der Waals surface area contributed by atoms with E-state index in [4.69, 9.17) is 35.5 Å². The Balaban J connectivity index is 0.000000174. The summed E-state index contributed by atoms with van der Waals surface area (Å²) >= 11 is 2.88. The van der Waals surface area contributed by atoms with E-state index in [-0.39, 0.29) is 69.8 Å². The van der Waals surface area contributed by atoms with Gasteiger partial charge in [0.2, 0.25) is 17.3 Å². The summed E-state index contributed by atoms with van der Waals surface area (Å²) in [6, 6.07) is 14.1. The number of fused-ring (bicyclic) bond motifs is 1. The standard InChI is InChI=1S/C13H14FN3.C13H17N3O2S.C12H19BN2O4.C12H13N3O2.C11H11N3O2.C9H9N3O2S.Na/c14-10-3-1-9(2-4-10)12-8-17-6-5-11(15)7-13(17)16-12;1-13(2,3)10-7-19-12(15-10)8-5-14-16(4)11(8)9(18)6-17;1-11(2)12(3,4)19-13(18-11)8-6-14-15(5)10(8)9(17)7-16;1-8-4-3-5-13-11(8)9-6-14-15(2)12(9)10(17)7-16;1-7-4-3-5-12-9(7)8-6-13-14(2)10(8)11(15)16;1-5-4-15-8(11-5)6-3-10-12(2)7(6)9(13)14;/h1-4,8,11H,5-7,15H2;5,7,17H,6H2,1-4H3;6,16H,7H2,1-5H3;3-6,16H,7H2,1-2H3;3-6H,1-2H3,(H,15,16);3-4H,1-2H3,(H,13,14);/q;;;;;;+1/p-1. The first-order valence-corrected chi connectivity index (χ1v) is 34.0. The molecule has 12 heterocycles. The number of ketones is 3. The summed E-state index contributed by atoms with van der Waals surface area (Å²) in [5.74, 6) is -2.53. The molecular weight excluding hydrogens is 1390 g/mol. The maximum absolute atomic E-state index is 12.8. The predicted molar refractivity (Wildman–Crippen MR) is 383 cm³/mol. The topological polar surface area (TPSA) is 392 Å². The fourth-order valence-electron chi connectivity index (χ4n) is 10.7. The summed E-state index contributed by atoms with van der Waals surface area (Å²) in [7, 11) is 7.53. The van der Waals surface area contributed by atoms with Crippen LogP contribution in [0.15, 0.2) is 109 Å². The molecule has 10 aromatic heterocycles. The van der Waals surface area contributed by atoms with Crippen LogP contribution < -0.4 is 45.9 Å². The summed E-state index contributed by atoms with van der Waals surface area (Å²) < 4.78 is 33.7. The second-order valence-electron chi connectivity index (χ2n) is 26.0. The number of rotatable bonds is 14. The molecule has 1 saturated heterocycles. The number of carbonyl (C=O) groups is 5. The second-order valence-corrected chi connectivity index (χ2v) is 27.8. The summed E-state index contributed by atoms with van der Waals surface area (Å²) in [4.78, 5) is 79.0. The van der Waals surface area contributed by atoms with E-state index in [0.717, 1.165) is 69.7 Å². The largest absolute Gasteiger partial charge is 1.00 e. The van der Waals surface area contributed by atoms with Crippen LogP contribution in [0.25, 0.3) is 54.9 Å². The second kappa shape index (κ2) is 35.0.